The molecule has 0 aliphatic rings. The maximum absolute atomic E-state index is 12.6. The second kappa shape index (κ2) is 8.50. The SMILES string of the molecule is CC.CC.CC(=N)c1c(N)cc(C)nc1C(F)(F)F. The Morgan fingerprint density at radius 2 is 1.63 bits per heavy atom. The first-order chi connectivity index (χ1) is 8.73. The molecule has 3 N–H and O–H groups in total. The number of aryl methyl sites for hydroxylation is 1. The van der Waals surface area contributed by atoms with Crippen LogP contribution in [0.2, 0.25) is 0 Å². The lowest BCUT2D eigenvalue weighted by molar-refractivity contribution is -0.141. The Kier molecular flexibility index (Phi) is 8.83. The van der Waals surface area contributed by atoms with Crippen molar-refractivity contribution in [2.24, 2.45) is 0 Å². The van der Waals surface area contributed by atoms with Gasteiger partial charge in [0.2, 0.25) is 0 Å². The summed E-state index contributed by atoms with van der Waals surface area (Å²) < 4.78 is 37.7. The van der Waals surface area contributed by atoms with Crippen molar-refractivity contribution in [1.82, 2.24) is 4.98 Å². The van der Waals surface area contributed by atoms with Crippen LogP contribution < -0.4 is 5.73 Å². The molecule has 0 saturated heterocycles. The molecule has 0 aromatic carbocycles. The number of nitrogens with two attached hydrogens (primary N) is 1. The molecule has 1 rings (SSSR count). The number of nitrogens with one attached hydrogen (secondary N) is 1. The molecule has 1 heterocycles. The molecule has 0 saturated carbocycles. The van der Waals surface area contributed by atoms with Gasteiger partial charge in [0.05, 0.1) is 0 Å². The fourth-order valence-corrected chi connectivity index (χ4v) is 1.30. The van der Waals surface area contributed by atoms with Crippen molar-refractivity contribution in [2.75, 3.05) is 5.73 Å². The Morgan fingerprint density at radius 3 is 1.95 bits per heavy atom. The van der Waals surface area contributed by atoms with Crippen LogP contribution in [0.4, 0.5) is 18.9 Å². The van der Waals surface area contributed by atoms with E-state index in [0.29, 0.717) is 0 Å². The Morgan fingerprint density at radius 1 is 1.21 bits per heavy atom. The number of aromatic nitrogens is 1. The van der Waals surface area contributed by atoms with Crippen molar-refractivity contribution in [1.29, 1.82) is 5.41 Å². The molecule has 0 atom stereocenters. The van der Waals surface area contributed by atoms with Gasteiger partial charge in [-0.2, -0.15) is 13.2 Å². The lowest BCUT2D eigenvalue weighted by atomic mass is 10.1. The van der Waals surface area contributed by atoms with Crippen molar-refractivity contribution in [2.45, 2.75) is 47.7 Å². The summed E-state index contributed by atoms with van der Waals surface area (Å²) in [5.41, 5.74) is 3.88. The minimum atomic E-state index is -4.59. The van der Waals surface area contributed by atoms with Crippen LogP contribution in [0.5, 0.6) is 0 Å². The first kappa shape index (κ1) is 19.7. The molecular formula is C13H22F3N3. The average molecular weight is 277 g/mol. The smallest absolute Gasteiger partial charge is 0.398 e. The van der Waals surface area contributed by atoms with Gasteiger partial charge in [0.1, 0.15) is 0 Å². The van der Waals surface area contributed by atoms with E-state index < -0.39 is 11.9 Å². The zero-order chi connectivity index (χ0) is 15.8. The summed E-state index contributed by atoms with van der Waals surface area (Å²) in [5, 5.41) is 7.25. The molecule has 0 aliphatic heterocycles. The van der Waals surface area contributed by atoms with E-state index in [9.17, 15) is 13.2 Å². The zero-order valence-electron chi connectivity index (χ0n) is 12.2. The Labute approximate surface area is 112 Å². The number of hydrogen-bond acceptors (Lipinski definition) is 3. The van der Waals surface area contributed by atoms with Gasteiger partial charge in [-0.05, 0) is 19.9 Å². The molecule has 6 heteroatoms. The molecule has 19 heavy (non-hydrogen) atoms. The van der Waals surface area contributed by atoms with E-state index in [1.165, 1.54) is 19.9 Å². The van der Waals surface area contributed by atoms with Gasteiger partial charge < -0.3 is 11.1 Å². The van der Waals surface area contributed by atoms with Gasteiger partial charge in [-0.25, -0.2) is 4.98 Å². The second-order valence-corrected chi connectivity index (χ2v) is 3.20. The highest BCUT2D eigenvalue weighted by Crippen LogP contribution is 2.33. The molecule has 0 aliphatic carbocycles. The van der Waals surface area contributed by atoms with Gasteiger partial charge in [-0.15, -0.1) is 0 Å². The largest absolute Gasteiger partial charge is 0.434 e. The van der Waals surface area contributed by atoms with Crippen molar-refractivity contribution in [3.63, 3.8) is 0 Å². The molecule has 0 unspecified atom stereocenters. The predicted molar refractivity (Wildman–Crippen MR) is 73.6 cm³/mol. The van der Waals surface area contributed by atoms with E-state index in [-0.39, 0.29) is 22.7 Å². The van der Waals surface area contributed by atoms with E-state index in [1.54, 1.807) is 0 Å². The monoisotopic (exact) mass is 277 g/mol. The molecule has 1 aromatic rings. The number of nitrogens with zero attached hydrogens (tertiary/aromatic N) is 1. The summed E-state index contributed by atoms with van der Waals surface area (Å²) >= 11 is 0. The normalized spacial score (nSPS) is 9.74. The zero-order valence-corrected chi connectivity index (χ0v) is 12.2. The minimum absolute atomic E-state index is 0.0673. The maximum atomic E-state index is 12.6. The highest BCUT2D eigenvalue weighted by atomic mass is 19.4. The van der Waals surface area contributed by atoms with Crippen molar-refractivity contribution >= 4 is 11.4 Å². The van der Waals surface area contributed by atoms with Crippen molar-refractivity contribution in [3.8, 4) is 0 Å². The highest BCUT2D eigenvalue weighted by Gasteiger charge is 2.37. The molecule has 0 radical (unpaired) electrons. The number of halogens is 3. The highest BCUT2D eigenvalue weighted by molar-refractivity contribution is 6.02. The fourth-order valence-electron chi connectivity index (χ4n) is 1.30. The Balaban J connectivity index is 0. The van der Waals surface area contributed by atoms with E-state index in [2.05, 4.69) is 4.98 Å². The van der Waals surface area contributed by atoms with Crippen LogP contribution >= 0.6 is 0 Å². The standard InChI is InChI=1S/C9H10F3N3.2C2H6/c1-4-3-6(14)7(5(2)13)8(15-4)9(10,11)12;2*1-2/h3,13H,1-2H3,(H2,14,15);2*1-2H3. The van der Waals surface area contributed by atoms with Crippen LogP contribution in [0.15, 0.2) is 6.07 Å². The molecule has 1 aromatic heterocycles. The molecule has 0 amide bonds. The van der Waals surface area contributed by atoms with Gasteiger partial charge >= 0.3 is 6.18 Å². The molecular weight excluding hydrogens is 255 g/mol. The number of anilines is 1. The Bertz CT molecular complexity index is 412. The van der Waals surface area contributed by atoms with E-state index in [4.69, 9.17) is 11.1 Å². The van der Waals surface area contributed by atoms with Crippen LogP contribution in [0, 0.1) is 12.3 Å². The average Bonchev–Trinajstić information content (AvgIpc) is 2.31. The molecule has 0 bridgehead atoms. The van der Waals surface area contributed by atoms with E-state index in [0.717, 1.165) is 0 Å². The maximum Gasteiger partial charge on any atom is 0.434 e. The van der Waals surface area contributed by atoms with Crippen LogP contribution in [0.3, 0.4) is 0 Å². The van der Waals surface area contributed by atoms with E-state index >= 15 is 0 Å². The summed E-state index contributed by atoms with van der Waals surface area (Å²) in [6.45, 7) is 10.7. The molecule has 0 spiro atoms. The predicted octanol–water partition coefficient (Wildman–Crippen LogP) is 4.43. The van der Waals surface area contributed by atoms with Gasteiger partial charge in [-0.1, -0.05) is 27.7 Å². The molecule has 3 nitrogen and oxygen atoms in total. The third-order valence-corrected chi connectivity index (χ3v) is 1.82. The lowest BCUT2D eigenvalue weighted by Crippen LogP contribution is -2.17. The summed E-state index contributed by atoms with van der Waals surface area (Å²) in [6.07, 6.45) is -4.59. The number of rotatable bonds is 1. The second-order valence-electron chi connectivity index (χ2n) is 3.20. The minimum Gasteiger partial charge on any atom is -0.398 e. The number of nitrogen functional groups attached to an aromatic ring is 1. The Hall–Kier alpha value is -1.59. The first-order valence-corrected chi connectivity index (χ1v) is 6.13. The number of hydrogen-bond donors (Lipinski definition) is 2. The summed E-state index contributed by atoms with van der Waals surface area (Å²) in [7, 11) is 0. The topological polar surface area (TPSA) is 62.8 Å². The van der Waals surface area contributed by atoms with Crippen LogP contribution in [-0.4, -0.2) is 10.7 Å². The van der Waals surface area contributed by atoms with Gasteiger partial charge in [0.15, 0.2) is 5.69 Å². The van der Waals surface area contributed by atoms with Crippen LogP contribution in [0.1, 0.15) is 51.6 Å². The number of alkyl halides is 3. The molecule has 0 fully saturated rings. The fraction of sp³-hybridized carbons (Fsp3) is 0.538. The summed E-state index contributed by atoms with van der Waals surface area (Å²) in [6, 6.07) is 1.32. The first-order valence-electron chi connectivity index (χ1n) is 6.13. The van der Waals surface area contributed by atoms with E-state index in [1.807, 2.05) is 27.7 Å². The quantitative estimate of drug-likeness (QED) is 0.746. The third kappa shape index (κ3) is 5.72. The van der Waals surface area contributed by atoms with Crippen molar-refractivity contribution < 1.29 is 13.2 Å². The van der Waals surface area contributed by atoms with Gasteiger partial charge in [0.25, 0.3) is 0 Å². The van der Waals surface area contributed by atoms with Gasteiger partial charge in [-0.3, -0.25) is 0 Å². The molecule has 110 valence electrons. The van der Waals surface area contributed by atoms with Crippen LogP contribution in [0.25, 0.3) is 0 Å². The van der Waals surface area contributed by atoms with Gasteiger partial charge in [0, 0.05) is 22.7 Å². The summed E-state index contributed by atoms with van der Waals surface area (Å²) in [4.78, 5) is 3.38. The number of pyridine rings is 1. The lowest BCUT2D eigenvalue weighted by Gasteiger charge is -2.13. The summed E-state index contributed by atoms with van der Waals surface area (Å²) in [5.74, 6) is 0. The van der Waals surface area contributed by atoms with Crippen LogP contribution in [-0.2, 0) is 6.18 Å². The van der Waals surface area contributed by atoms with Crippen molar-refractivity contribution in [3.05, 3.63) is 23.0 Å². The third-order valence-electron chi connectivity index (χ3n) is 1.82.